The number of aromatic nitrogens is 2. The van der Waals surface area contributed by atoms with E-state index in [1.807, 2.05) is 0 Å². The largest absolute Gasteiger partial charge is 0.378 e. The molecule has 0 amide bonds. The third-order valence-electron chi connectivity index (χ3n) is 12.5. The third kappa shape index (κ3) is 7.17. The number of hydrogen-bond acceptors (Lipinski definition) is 2. The Morgan fingerprint density at radius 3 is 1.52 bits per heavy atom. The second kappa shape index (κ2) is 16.5. The van der Waals surface area contributed by atoms with Crippen LogP contribution in [0.2, 0.25) is 0 Å². The van der Waals surface area contributed by atoms with Gasteiger partial charge in [0.25, 0.3) is 0 Å². The van der Waals surface area contributed by atoms with E-state index in [1.165, 1.54) is 105 Å². The summed E-state index contributed by atoms with van der Waals surface area (Å²) in [7, 11) is 2.15. The molecule has 1 aliphatic heterocycles. The first kappa shape index (κ1) is 38.0. The molecule has 0 aliphatic carbocycles. The van der Waals surface area contributed by atoms with Crippen LogP contribution in [0.15, 0.2) is 225 Å². The summed E-state index contributed by atoms with van der Waals surface area (Å²) in [5.74, 6) is 0. The molecule has 63 heavy (non-hydrogen) atoms. The molecule has 3 heterocycles. The van der Waals surface area contributed by atoms with E-state index >= 15 is 0 Å². The van der Waals surface area contributed by atoms with Crippen LogP contribution in [-0.4, -0.2) is 22.3 Å². The zero-order chi connectivity index (χ0) is 42.1. The fourth-order valence-corrected chi connectivity index (χ4v) is 9.36. The minimum atomic E-state index is 0.820. The number of fused-ring (bicyclic) bond motifs is 6. The first-order valence-electron chi connectivity index (χ1n) is 21.7. The summed E-state index contributed by atoms with van der Waals surface area (Å²) in [5, 5.41) is 11.8. The van der Waals surface area contributed by atoms with Gasteiger partial charge in [-0.3, -0.25) is 5.32 Å². The van der Waals surface area contributed by atoms with E-state index in [2.05, 4.69) is 251 Å². The molecule has 9 aromatic carbocycles. The van der Waals surface area contributed by atoms with Crippen molar-refractivity contribution in [1.82, 2.24) is 19.8 Å². The molecule has 0 bridgehead atoms. The predicted octanol–water partition coefficient (Wildman–Crippen LogP) is 14.3. The monoisotopic (exact) mass is 810 g/mol. The molecule has 2 aromatic heterocycles. The van der Waals surface area contributed by atoms with E-state index in [0.29, 0.717) is 0 Å². The maximum atomic E-state index is 3.38. The van der Waals surface area contributed by atoms with Crippen molar-refractivity contribution >= 4 is 49.2 Å². The molecule has 12 rings (SSSR count). The second-order valence-electron chi connectivity index (χ2n) is 16.3. The molecule has 4 nitrogen and oxygen atoms in total. The minimum Gasteiger partial charge on any atom is -0.378 e. The van der Waals surface area contributed by atoms with Gasteiger partial charge >= 0.3 is 0 Å². The summed E-state index contributed by atoms with van der Waals surface area (Å²) >= 11 is 0. The molecule has 0 radical (unpaired) electrons. The highest BCUT2D eigenvalue weighted by molar-refractivity contribution is 6.12. The molecule has 0 saturated heterocycles. The van der Waals surface area contributed by atoms with Crippen molar-refractivity contribution in [1.29, 1.82) is 0 Å². The van der Waals surface area contributed by atoms with Gasteiger partial charge in [0.15, 0.2) is 0 Å². The van der Waals surface area contributed by atoms with Crippen molar-refractivity contribution in [2.24, 2.45) is 7.05 Å². The summed E-state index contributed by atoms with van der Waals surface area (Å²) < 4.78 is 4.65. The average molecular weight is 811 g/mol. The van der Waals surface area contributed by atoms with Crippen molar-refractivity contribution in [3.8, 4) is 50.2 Å². The number of rotatable bonds is 6. The lowest BCUT2D eigenvalue weighted by Crippen LogP contribution is -2.31. The van der Waals surface area contributed by atoms with Crippen LogP contribution in [0.5, 0.6) is 0 Å². The number of hydrogen-bond donors (Lipinski definition) is 2. The van der Waals surface area contributed by atoms with Gasteiger partial charge in [0.1, 0.15) is 0 Å². The van der Waals surface area contributed by atoms with Crippen molar-refractivity contribution in [3.63, 3.8) is 0 Å². The SMILES string of the molecule is C1=C(c2ccc(-c3ccc(-c4ccccc4)cc3)c(-c3ccccc3)c2)CNCN1.Cn1c2ccccc2c2cc(-c3ccc4c(c3)c3ccccc3n4-c3ccccc3)ccc21. The van der Waals surface area contributed by atoms with Gasteiger partial charge in [-0.1, -0.05) is 164 Å². The Morgan fingerprint density at radius 1 is 0.365 bits per heavy atom. The Balaban J connectivity index is 0.000000142. The maximum Gasteiger partial charge on any atom is 0.0650 e. The normalized spacial score (nSPS) is 12.6. The van der Waals surface area contributed by atoms with Gasteiger partial charge in [-0.05, 0) is 110 Å². The summed E-state index contributed by atoms with van der Waals surface area (Å²) in [5.41, 5.74) is 18.7. The van der Waals surface area contributed by atoms with E-state index in [1.54, 1.807) is 0 Å². The van der Waals surface area contributed by atoms with Crippen molar-refractivity contribution in [3.05, 3.63) is 230 Å². The Kier molecular flexibility index (Phi) is 9.96. The smallest absolute Gasteiger partial charge is 0.0650 e. The molecule has 0 atom stereocenters. The third-order valence-corrected chi connectivity index (χ3v) is 12.5. The molecular formula is C59H46N4. The summed E-state index contributed by atoms with van der Waals surface area (Å²) in [6.07, 6.45) is 2.12. The number of nitrogens with one attached hydrogen (secondary N) is 2. The van der Waals surface area contributed by atoms with Gasteiger partial charge in [0.05, 0.1) is 17.7 Å². The highest BCUT2D eigenvalue weighted by Crippen LogP contribution is 2.38. The Bertz CT molecular complexity index is 3430. The lowest BCUT2D eigenvalue weighted by Gasteiger charge is -2.18. The van der Waals surface area contributed by atoms with Crippen LogP contribution in [0, 0.1) is 0 Å². The lowest BCUT2D eigenvalue weighted by atomic mass is 9.90. The van der Waals surface area contributed by atoms with Gasteiger partial charge in [0, 0.05) is 58.1 Å². The van der Waals surface area contributed by atoms with Crippen molar-refractivity contribution in [2.75, 3.05) is 13.2 Å². The zero-order valence-corrected chi connectivity index (χ0v) is 35.2. The number of aryl methyl sites for hydroxylation is 1. The highest BCUT2D eigenvalue weighted by Gasteiger charge is 2.15. The molecule has 11 aromatic rings. The first-order valence-corrected chi connectivity index (χ1v) is 21.7. The van der Waals surface area contributed by atoms with E-state index < -0.39 is 0 Å². The van der Waals surface area contributed by atoms with Gasteiger partial charge in [0.2, 0.25) is 0 Å². The molecule has 0 saturated carbocycles. The van der Waals surface area contributed by atoms with Crippen LogP contribution < -0.4 is 10.6 Å². The Labute approximate surface area is 368 Å². The molecule has 0 unspecified atom stereocenters. The molecule has 0 spiro atoms. The van der Waals surface area contributed by atoms with E-state index in [4.69, 9.17) is 0 Å². The molecule has 302 valence electrons. The zero-order valence-electron chi connectivity index (χ0n) is 35.2. The number of nitrogens with zero attached hydrogens (tertiary/aromatic N) is 2. The molecular weight excluding hydrogens is 765 g/mol. The van der Waals surface area contributed by atoms with Crippen LogP contribution in [-0.2, 0) is 7.05 Å². The molecule has 4 heteroatoms. The standard InChI is InChI=1S/C31H22N2.C28H24N2/c1-32-28-13-7-5-11-24(28)26-19-21(15-17-29(26)32)22-16-18-31-27(20-22)25-12-6-8-14-30(25)33(31)23-9-3-2-4-10-23;1-3-7-21(8-4-1)22-11-13-24(14-12-22)27-16-15-25(26-18-29-20-30-19-26)17-28(27)23-9-5-2-6-10-23/h2-20H,1H3;1-18,29-30H,19-20H2. The van der Waals surface area contributed by atoms with Gasteiger partial charge in [-0.2, -0.15) is 0 Å². The average Bonchev–Trinajstić information content (AvgIpc) is 3.85. The topological polar surface area (TPSA) is 33.9 Å². The fourth-order valence-electron chi connectivity index (χ4n) is 9.36. The quantitative estimate of drug-likeness (QED) is 0.175. The van der Waals surface area contributed by atoms with Crippen LogP contribution in [0.3, 0.4) is 0 Å². The molecule has 1 aliphatic rings. The number of benzene rings is 9. The van der Waals surface area contributed by atoms with Crippen LogP contribution in [0.1, 0.15) is 5.56 Å². The van der Waals surface area contributed by atoms with Gasteiger partial charge in [-0.25, -0.2) is 0 Å². The predicted molar refractivity (Wildman–Crippen MR) is 267 cm³/mol. The minimum absolute atomic E-state index is 0.820. The molecule has 0 fully saturated rings. The fraction of sp³-hybridized carbons (Fsp3) is 0.0508. The highest BCUT2D eigenvalue weighted by atomic mass is 15.1. The van der Waals surface area contributed by atoms with Crippen molar-refractivity contribution in [2.45, 2.75) is 0 Å². The lowest BCUT2D eigenvalue weighted by molar-refractivity contribution is 0.678. The second-order valence-corrected chi connectivity index (χ2v) is 16.3. The molecule has 2 N–H and O–H groups in total. The van der Waals surface area contributed by atoms with Crippen LogP contribution in [0.4, 0.5) is 0 Å². The Morgan fingerprint density at radius 2 is 0.841 bits per heavy atom. The first-order chi connectivity index (χ1) is 31.2. The van der Waals surface area contributed by atoms with E-state index in [-0.39, 0.29) is 0 Å². The van der Waals surface area contributed by atoms with Crippen molar-refractivity contribution < 1.29 is 0 Å². The van der Waals surface area contributed by atoms with Gasteiger partial charge in [-0.15, -0.1) is 0 Å². The van der Waals surface area contributed by atoms with Crippen LogP contribution >= 0.6 is 0 Å². The summed E-state index contributed by atoms with van der Waals surface area (Å²) in [4.78, 5) is 0. The number of para-hydroxylation sites is 3. The Hall–Kier alpha value is -7.92. The summed E-state index contributed by atoms with van der Waals surface area (Å²) in [6, 6.07) is 78.5. The summed E-state index contributed by atoms with van der Waals surface area (Å²) in [6.45, 7) is 1.70. The van der Waals surface area contributed by atoms with Crippen LogP contribution in [0.25, 0.3) is 99.4 Å². The maximum absolute atomic E-state index is 3.38. The van der Waals surface area contributed by atoms with E-state index in [0.717, 1.165) is 13.2 Å². The van der Waals surface area contributed by atoms with E-state index in [9.17, 15) is 0 Å². The van der Waals surface area contributed by atoms with Gasteiger partial charge < -0.3 is 14.5 Å².